The summed E-state index contributed by atoms with van der Waals surface area (Å²) in [5.41, 5.74) is 1.83. The molecule has 8 N–H and O–H groups in total. The molecule has 4 aromatic rings. The van der Waals surface area contributed by atoms with E-state index in [0.717, 1.165) is 11.1 Å². The van der Waals surface area contributed by atoms with Crippen molar-refractivity contribution in [3.63, 3.8) is 0 Å². The Morgan fingerprint density at radius 2 is 0.897 bits per heavy atom. The summed E-state index contributed by atoms with van der Waals surface area (Å²) >= 11 is 0. The molecule has 0 fully saturated rings. The number of hydrogen-bond donors (Lipinski definition) is 2. The molecule has 4 rings (SSSR count). The van der Waals surface area contributed by atoms with Gasteiger partial charge < -0.3 is 36.1 Å². The number of carboxylic acid groups (broad SMARTS) is 2. The monoisotopic (exact) mass is 584 g/mol. The molecule has 0 amide bonds. The Balaban J connectivity index is -0.000000589. The van der Waals surface area contributed by atoms with Gasteiger partial charge in [0.25, 0.3) is 0 Å². The van der Waals surface area contributed by atoms with E-state index in [9.17, 15) is 9.59 Å². The van der Waals surface area contributed by atoms with Gasteiger partial charge in [0, 0.05) is 12.4 Å². The Kier molecular flexibility index (Phi) is 20.9. The third-order valence-electron chi connectivity index (χ3n) is 4.42. The summed E-state index contributed by atoms with van der Waals surface area (Å²) in [5, 5.41) is 17.8. The lowest BCUT2D eigenvalue weighted by Crippen LogP contribution is -2.05. The molecule has 2 heterocycles. The molecule has 0 bridgehead atoms. The first-order valence-corrected chi connectivity index (χ1v) is 10.2. The van der Waals surface area contributed by atoms with Crippen LogP contribution >= 0.6 is 24.8 Å². The molecule has 13 heteroatoms. The van der Waals surface area contributed by atoms with Crippen LogP contribution in [0, 0.1) is 0 Å². The molecule has 0 radical (unpaired) electrons. The molecule has 0 unspecified atom stereocenters. The van der Waals surface area contributed by atoms with Crippen LogP contribution in [-0.2, 0) is 13.2 Å². The number of halogens is 2. The Bertz CT molecular complexity index is 1140. The van der Waals surface area contributed by atoms with E-state index in [4.69, 9.17) is 19.7 Å². The van der Waals surface area contributed by atoms with Crippen LogP contribution in [0.15, 0.2) is 97.3 Å². The van der Waals surface area contributed by atoms with Gasteiger partial charge in [-0.25, -0.2) is 19.6 Å². The highest BCUT2D eigenvalue weighted by Crippen LogP contribution is 2.18. The van der Waals surface area contributed by atoms with Gasteiger partial charge in [0.15, 0.2) is 22.9 Å². The van der Waals surface area contributed by atoms with Crippen LogP contribution in [0.25, 0.3) is 0 Å². The van der Waals surface area contributed by atoms with Crippen molar-refractivity contribution in [2.75, 3.05) is 0 Å². The van der Waals surface area contributed by atoms with Gasteiger partial charge in [0.1, 0.15) is 13.2 Å². The minimum Gasteiger partial charge on any atom is -0.486 e. The van der Waals surface area contributed by atoms with Crippen LogP contribution in [0.1, 0.15) is 32.1 Å². The molecule has 0 spiro atoms. The second kappa shape index (κ2) is 20.8. The standard InChI is InChI=1S/2C13H11NO3.2ClH.3H2O/c2*15-13(16)12-11(7-4-8-14-12)17-9-10-5-2-1-3-6-10;;;;;/h2*1-8H,9H2,(H,15,16);2*1H;3*1H2. The summed E-state index contributed by atoms with van der Waals surface area (Å²) in [5.74, 6) is -1.62. The van der Waals surface area contributed by atoms with Crippen molar-refractivity contribution < 1.29 is 45.7 Å². The SMILES string of the molecule is Cl.Cl.O.O.O.O=C(O)c1ncccc1OCc1ccccc1.O=C(O)c1ncccc1OCc1ccccc1. The van der Waals surface area contributed by atoms with Crippen molar-refractivity contribution in [1.29, 1.82) is 0 Å². The average Bonchev–Trinajstić information content (AvgIpc) is 2.88. The fraction of sp³-hybridized carbons (Fsp3) is 0.0769. The first-order valence-electron chi connectivity index (χ1n) is 10.2. The zero-order valence-electron chi connectivity index (χ0n) is 20.4. The second-order valence-corrected chi connectivity index (χ2v) is 6.86. The number of carboxylic acids is 2. The zero-order valence-corrected chi connectivity index (χ0v) is 22.0. The van der Waals surface area contributed by atoms with Crippen molar-refractivity contribution in [2.24, 2.45) is 0 Å². The number of rotatable bonds is 8. The van der Waals surface area contributed by atoms with E-state index in [1.165, 1.54) is 12.4 Å². The normalized spacial score (nSPS) is 8.62. The van der Waals surface area contributed by atoms with Crippen molar-refractivity contribution in [1.82, 2.24) is 9.97 Å². The maximum absolute atomic E-state index is 10.9. The minimum absolute atomic E-state index is 0. The van der Waals surface area contributed by atoms with Gasteiger partial charge in [-0.3, -0.25) is 0 Å². The zero-order chi connectivity index (χ0) is 24.2. The van der Waals surface area contributed by atoms with Crippen LogP contribution in [0.3, 0.4) is 0 Å². The summed E-state index contributed by atoms with van der Waals surface area (Å²) in [6, 6.07) is 25.6. The molecular weight excluding hydrogens is 555 g/mol. The van der Waals surface area contributed by atoms with E-state index in [-0.39, 0.29) is 64.1 Å². The van der Waals surface area contributed by atoms with E-state index in [2.05, 4.69) is 9.97 Å². The molecule has 11 nitrogen and oxygen atoms in total. The van der Waals surface area contributed by atoms with Gasteiger partial charge in [0.05, 0.1) is 0 Å². The molecule has 2 aromatic heterocycles. The predicted octanol–water partition coefficient (Wildman–Crippen LogP) is 3.09. The molecule has 0 aliphatic heterocycles. The van der Waals surface area contributed by atoms with E-state index >= 15 is 0 Å². The first-order chi connectivity index (χ1) is 16.5. The lowest BCUT2D eigenvalue weighted by molar-refractivity contribution is 0.0673. The number of carbonyl (C=O) groups is 2. The minimum atomic E-state index is -1.09. The topological polar surface area (TPSA) is 213 Å². The highest BCUT2D eigenvalue weighted by molar-refractivity contribution is 5.88. The average molecular weight is 585 g/mol. The highest BCUT2D eigenvalue weighted by Gasteiger charge is 2.12. The van der Waals surface area contributed by atoms with E-state index < -0.39 is 11.9 Å². The molecule has 0 saturated carbocycles. The van der Waals surface area contributed by atoms with Crippen LogP contribution in [-0.4, -0.2) is 48.5 Å². The number of pyridine rings is 2. The van der Waals surface area contributed by atoms with Gasteiger partial charge in [-0.15, -0.1) is 24.8 Å². The molecule has 0 aliphatic rings. The van der Waals surface area contributed by atoms with E-state index in [1.807, 2.05) is 60.7 Å². The molecule has 212 valence electrons. The smallest absolute Gasteiger partial charge is 0.358 e. The lowest BCUT2D eigenvalue weighted by atomic mass is 10.2. The Labute approximate surface area is 236 Å². The van der Waals surface area contributed by atoms with Crippen LogP contribution in [0.4, 0.5) is 0 Å². The Morgan fingerprint density at radius 1 is 0.564 bits per heavy atom. The fourth-order valence-electron chi connectivity index (χ4n) is 2.81. The number of benzene rings is 2. The molecule has 39 heavy (non-hydrogen) atoms. The summed E-state index contributed by atoms with van der Waals surface area (Å²) in [7, 11) is 0. The van der Waals surface area contributed by atoms with E-state index in [0.29, 0.717) is 13.2 Å². The highest BCUT2D eigenvalue weighted by atomic mass is 35.5. The number of aromatic carboxylic acids is 2. The number of nitrogens with zero attached hydrogens (tertiary/aromatic N) is 2. The van der Waals surface area contributed by atoms with Gasteiger partial charge in [-0.2, -0.15) is 0 Å². The van der Waals surface area contributed by atoms with Gasteiger partial charge in [0.2, 0.25) is 0 Å². The predicted molar refractivity (Wildman–Crippen MR) is 149 cm³/mol. The maximum atomic E-state index is 10.9. The Morgan fingerprint density at radius 3 is 1.21 bits per heavy atom. The van der Waals surface area contributed by atoms with E-state index in [1.54, 1.807) is 24.3 Å². The fourth-order valence-corrected chi connectivity index (χ4v) is 2.81. The lowest BCUT2D eigenvalue weighted by Gasteiger charge is -2.07. The van der Waals surface area contributed by atoms with Gasteiger partial charge in [-0.05, 0) is 35.4 Å². The summed E-state index contributed by atoms with van der Waals surface area (Å²) < 4.78 is 10.9. The first kappa shape index (κ1) is 39.3. The quantitative estimate of drug-likeness (QED) is 0.313. The van der Waals surface area contributed by atoms with Crippen molar-refractivity contribution >= 4 is 36.8 Å². The number of hydrogen-bond acceptors (Lipinski definition) is 6. The van der Waals surface area contributed by atoms with Crippen molar-refractivity contribution in [3.8, 4) is 11.5 Å². The van der Waals surface area contributed by atoms with Crippen molar-refractivity contribution in [3.05, 3.63) is 120 Å². The van der Waals surface area contributed by atoms with Crippen molar-refractivity contribution in [2.45, 2.75) is 13.2 Å². The molecule has 0 saturated heterocycles. The van der Waals surface area contributed by atoms with Gasteiger partial charge in [-0.1, -0.05) is 60.7 Å². The summed E-state index contributed by atoms with van der Waals surface area (Å²) in [4.78, 5) is 29.3. The second-order valence-electron chi connectivity index (χ2n) is 6.86. The third kappa shape index (κ3) is 12.7. The third-order valence-corrected chi connectivity index (χ3v) is 4.42. The molecule has 0 aliphatic carbocycles. The number of aromatic nitrogens is 2. The molecular formula is C26H30Cl2N2O9. The molecule has 0 atom stereocenters. The summed E-state index contributed by atoms with van der Waals surface area (Å²) in [6.45, 7) is 0.652. The van der Waals surface area contributed by atoms with Gasteiger partial charge >= 0.3 is 11.9 Å². The van der Waals surface area contributed by atoms with Crippen LogP contribution < -0.4 is 9.47 Å². The summed E-state index contributed by atoms with van der Waals surface area (Å²) in [6.07, 6.45) is 2.86. The van der Waals surface area contributed by atoms with Crippen LogP contribution in [0.2, 0.25) is 0 Å². The Hall–Kier alpha value is -4.26. The van der Waals surface area contributed by atoms with Crippen LogP contribution in [0.5, 0.6) is 11.5 Å². The number of ether oxygens (including phenoxy) is 2. The molecule has 2 aromatic carbocycles. The largest absolute Gasteiger partial charge is 0.486 e. The maximum Gasteiger partial charge on any atom is 0.358 e.